The maximum atomic E-state index is 10.1. The number of nitrogens with two attached hydrogens (primary N) is 1. The number of guanidine groups is 1. The van der Waals surface area contributed by atoms with Gasteiger partial charge < -0.3 is 30.1 Å². The van der Waals surface area contributed by atoms with Crippen LogP contribution in [0.4, 0.5) is 0 Å². The quantitative estimate of drug-likeness (QED) is 0.220. The molecule has 11 heteroatoms. The van der Waals surface area contributed by atoms with E-state index in [0.29, 0.717) is 0 Å². The van der Waals surface area contributed by atoms with Crippen molar-refractivity contribution < 1.29 is 83.4 Å². The summed E-state index contributed by atoms with van der Waals surface area (Å²) in [7, 11) is -3.89. The van der Waals surface area contributed by atoms with Crippen molar-refractivity contribution in [3.63, 3.8) is 0 Å². The Kier molecular flexibility index (Phi) is 12.7. The Balaban J connectivity index is -0.000000720. The van der Waals surface area contributed by atoms with Crippen LogP contribution in [0.3, 0.4) is 0 Å². The van der Waals surface area contributed by atoms with Crippen LogP contribution in [0.1, 0.15) is 0 Å². The smallest absolute Gasteiger partial charge is 0.793 e. The molecule has 0 saturated carbocycles. The van der Waals surface area contributed by atoms with Gasteiger partial charge in [0.25, 0.3) is 0 Å². The first-order chi connectivity index (χ1) is 5.72. The van der Waals surface area contributed by atoms with E-state index in [4.69, 9.17) is 10.8 Å². The monoisotopic (exact) mass is 255 g/mol. The molecular weight excluding hydrogens is 247 g/mol. The topological polar surface area (TPSA) is 142 Å². The molecule has 0 unspecified atom stereocenters. The van der Waals surface area contributed by atoms with Crippen molar-refractivity contribution in [2.75, 3.05) is 13.6 Å². The minimum Gasteiger partial charge on any atom is -0.793 e. The standard InChI is InChI=1S/C4H10N3O5P.2Na/c1-7(2-3(8)9)4(5)6-13(10,11)12;;/h2H2,1H3,(H,8,9)(H4,5,6,10,11,12);;/q;2*+1/p-2. The van der Waals surface area contributed by atoms with Crippen molar-refractivity contribution >= 4 is 19.7 Å². The van der Waals surface area contributed by atoms with Crippen LogP contribution < -0.4 is 74.6 Å². The molecule has 0 atom stereocenters. The molecule has 8 nitrogen and oxygen atoms in total. The first-order valence-electron chi connectivity index (χ1n) is 3.03. The number of likely N-dealkylation sites (N-methyl/N-ethyl adjacent to an activating group) is 1. The SMILES string of the molecule is CN(CC(=O)O)/C(N)=N/P(=O)([O-])[O-].[Na+].[Na+]. The van der Waals surface area contributed by atoms with E-state index in [1.54, 1.807) is 0 Å². The third kappa shape index (κ3) is 12.8. The van der Waals surface area contributed by atoms with E-state index in [9.17, 15) is 19.1 Å². The van der Waals surface area contributed by atoms with E-state index >= 15 is 0 Å². The third-order valence-electron chi connectivity index (χ3n) is 0.988. The molecule has 0 heterocycles. The van der Waals surface area contributed by atoms with Crippen LogP contribution in [0.25, 0.3) is 0 Å². The Morgan fingerprint density at radius 3 is 2.20 bits per heavy atom. The molecule has 0 fully saturated rings. The molecule has 0 saturated heterocycles. The zero-order valence-corrected chi connectivity index (χ0v) is 13.6. The van der Waals surface area contributed by atoms with Crippen LogP contribution in [-0.4, -0.2) is 35.5 Å². The molecule has 0 spiro atoms. The number of carbonyl (C=O) groups is 1. The van der Waals surface area contributed by atoms with Crippen LogP contribution in [0, 0.1) is 0 Å². The summed E-state index contributed by atoms with van der Waals surface area (Å²) in [5, 5.41) is 8.25. The van der Waals surface area contributed by atoms with Crippen molar-refractivity contribution in [1.82, 2.24) is 4.90 Å². The Morgan fingerprint density at radius 2 is 1.93 bits per heavy atom. The summed E-state index contributed by atoms with van der Waals surface area (Å²) in [6.45, 7) is -0.532. The van der Waals surface area contributed by atoms with E-state index in [2.05, 4.69) is 4.76 Å². The Labute approximate surface area is 131 Å². The van der Waals surface area contributed by atoms with Crippen molar-refractivity contribution in [2.45, 2.75) is 0 Å². The minimum atomic E-state index is -5.09. The first-order valence-corrected chi connectivity index (χ1v) is 4.52. The molecule has 0 aliphatic carbocycles. The van der Waals surface area contributed by atoms with Gasteiger partial charge in [-0.2, -0.15) is 0 Å². The fourth-order valence-corrected chi connectivity index (χ4v) is 0.889. The Hall–Kier alpha value is 0.890. The van der Waals surface area contributed by atoms with Gasteiger partial charge in [0.2, 0.25) is 0 Å². The third-order valence-corrected chi connectivity index (χ3v) is 1.44. The van der Waals surface area contributed by atoms with Crippen molar-refractivity contribution in [3.05, 3.63) is 0 Å². The number of nitrogens with zero attached hydrogens (tertiary/aromatic N) is 2. The minimum absolute atomic E-state index is 0. The largest absolute Gasteiger partial charge is 1.00 e. The number of carboxylic acid groups (broad SMARTS) is 1. The second kappa shape index (κ2) is 8.98. The van der Waals surface area contributed by atoms with E-state index in [-0.39, 0.29) is 59.1 Å². The molecule has 3 N–H and O–H groups in total. The zero-order valence-electron chi connectivity index (χ0n) is 8.71. The van der Waals surface area contributed by atoms with Gasteiger partial charge in [0, 0.05) is 7.05 Å². The van der Waals surface area contributed by atoms with Crippen LogP contribution in [0.2, 0.25) is 0 Å². The second-order valence-corrected chi connectivity index (χ2v) is 3.31. The predicted octanol–water partition coefficient (Wildman–Crippen LogP) is -8.85. The van der Waals surface area contributed by atoms with Gasteiger partial charge in [0.05, 0.1) is 7.75 Å². The van der Waals surface area contributed by atoms with E-state index in [1.807, 2.05) is 0 Å². The van der Waals surface area contributed by atoms with Gasteiger partial charge in [-0.3, -0.25) is 4.79 Å². The Morgan fingerprint density at radius 1 is 1.53 bits per heavy atom. The molecule has 15 heavy (non-hydrogen) atoms. The van der Waals surface area contributed by atoms with Crippen molar-refractivity contribution in [3.8, 4) is 0 Å². The number of hydrogen-bond acceptors (Lipinski definition) is 4. The van der Waals surface area contributed by atoms with Crippen LogP contribution in [-0.2, 0) is 9.36 Å². The molecule has 0 aliphatic rings. The van der Waals surface area contributed by atoms with Crippen LogP contribution >= 0.6 is 7.75 Å². The summed E-state index contributed by atoms with van der Waals surface area (Å²) in [6.07, 6.45) is 0. The van der Waals surface area contributed by atoms with Crippen LogP contribution in [0.15, 0.2) is 4.76 Å². The molecule has 0 amide bonds. The van der Waals surface area contributed by atoms with Gasteiger partial charge in [-0.05, 0) is 0 Å². The van der Waals surface area contributed by atoms with Gasteiger partial charge in [0.1, 0.15) is 6.54 Å². The molecule has 0 radical (unpaired) electrons. The maximum Gasteiger partial charge on any atom is 1.00 e. The summed E-state index contributed by atoms with van der Waals surface area (Å²) in [5.41, 5.74) is 4.99. The van der Waals surface area contributed by atoms with Gasteiger partial charge in [0.15, 0.2) is 5.96 Å². The first kappa shape index (κ1) is 21.2. The number of rotatable bonds is 3. The van der Waals surface area contributed by atoms with E-state index in [0.717, 1.165) is 4.90 Å². The molecule has 0 rings (SSSR count). The summed E-state index contributed by atoms with van der Waals surface area (Å²) < 4.78 is 12.6. The molecule has 0 aromatic rings. The summed E-state index contributed by atoms with van der Waals surface area (Å²) in [6, 6.07) is 0. The molecule has 0 bridgehead atoms. The molecule has 76 valence electrons. The average Bonchev–Trinajstić information content (AvgIpc) is 1.81. The number of hydrogen-bond donors (Lipinski definition) is 2. The zero-order chi connectivity index (χ0) is 10.6. The van der Waals surface area contributed by atoms with Gasteiger partial charge in [-0.25, -0.2) is 4.76 Å². The van der Waals surface area contributed by atoms with Gasteiger partial charge in [-0.15, -0.1) is 0 Å². The summed E-state index contributed by atoms with van der Waals surface area (Å²) >= 11 is 0. The fraction of sp³-hybridized carbons (Fsp3) is 0.500. The van der Waals surface area contributed by atoms with Gasteiger partial charge >= 0.3 is 65.1 Å². The van der Waals surface area contributed by atoms with E-state index < -0.39 is 26.2 Å². The van der Waals surface area contributed by atoms with Crippen LogP contribution in [0.5, 0.6) is 0 Å². The van der Waals surface area contributed by atoms with Crippen molar-refractivity contribution in [1.29, 1.82) is 0 Å². The molecule has 0 aliphatic heterocycles. The number of carboxylic acids is 1. The second-order valence-electron chi connectivity index (χ2n) is 2.18. The average molecular weight is 255 g/mol. The molecule has 0 aromatic carbocycles. The fourth-order valence-electron chi connectivity index (χ4n) is 0.486. The summed E-state index contributed by atoms with van der Waals surface area (Å²) in [5.74, 6) is -1.86. The predicted molar refractivity (Wildman–Crippen MR) is 39.5 cm³/mol. The van der Waals surface area contributed by atoms with Gasteiger partial charge in [-0.1, -0.05) is 0 Å². The maximum absolute atomic E-state index is 10.1. The van der Waals surface area contributed by atoms with Crippen molar-refractivity contribution in [2.24, 2.45) is 10.5 Å². The molecule has 0 aromatic heterocycles. The summed E-state index contributed by atoms with van der Waals surface area (Å²) in [4.78, 5) is 31.1. The molecular formula is C4H8N3Na2O5P. The number of aliphatic carboxylic acids is 1. The normalized spacial score (nSPS) is 11.0. The Bertz CT molecular complexity index is 279. The van der Waals surface area contributed by atoms with E-state index in [1.165, 1.54) is 7.05 Å².